The number of nitrogens with zero attached hydrogens (tertiary/aromatic N) is 2. The van der Waals surface area contributed by atoms with Crippen LogP contribution in [-0.2, 0) is 4.79 Å². The molecule has 4 nitrogen and oxygen atoms in total. The molecule has 21 heavy (non-hydrogen) atoms. The first-order valence-electron chi connectivity index (χ1n) is 7.12. The number of carbonyl (C=O) groups excluding carboxylic acids is 1. The zero-order valence-electron chi connectivity index (χ0n) is 12.4. The van der Waals surface area contributed by atoms with Crippen LogP contribution in [0, 0.1) is 11.6 Å². The van der Waals surface area contributed by atoms with Gasteiger partial charge in [-0.1, -0.05) is 0 Å². The van der Waals surface area contributed by atoms with Crippen molar-refractivity contribution in [2.24, 2.45) is 0 Å². The molecule has 0 bridgehead atoms. The molecule has 1 atom stereocenters. The molecule has 1 N–H and O–H groups in total. The van der Waals surface area contributed by atoms with Crippen LogP contribution in [0.1, 0.15) is 18.5 Å². The predicted molar refractivity (Wildman–Crippen MR) is 76.9 cm³/mol. The molecule has 0 saturated carbocycles. The minimum atomic E-state index is -0.504. The number of carbonyl (C=O) groups is 1. The summed E-state index contributed by atoms with van der Waals surface area (Å²) in [5, 5.41) is 3.22. The van der Waals surface area contributed by atoms with E-state index in [4.69, 9.17) is 0 Å². The van der Waals surface area contributed by atoms with Gasteiger partial charge in [-0.25, -0.2) is 8.78 Å². The van der Waals surface area contributed by atoms with Crippen LogP contribution in [0.2, 0.25) is 0 Å². The molecule has 6 heteroatoms. The Morgan fingerprint density at radius 3 is 2.71 bits per heavy atom. The van der Waals surface area contributed by atoms with Gasteiger partial charge in [0.15, 0.2) is 0 Å². The highest BCUT2D eigenvalue weighted by Gasteiger charge is 2.23. The summed E-state index contributed by atoms with van der Waals surface area (Å²) in [7, 11) is 1.62. The molecule has 1 aromatic rings. The molecule has 0 spiro atoms. The lowest BCUT2D eigenvalue weighted by Gasteiger charge is -2.31. The molecule has 0 aliphatic carbocycles. The summed E-state index contributed by atoms with van der Waals surface area (Å²) in [5.74, 6) is -1.08. The van der Waals surface area contributed by atoms with E-state index in [1.807, 2.05) is 0 Å². The second-order valence-electron chi connectivity index (χ2n) is 5.37. The highest BCUT2D eigenvalue weighted by Crippen LogP contribution is 2.23. The molecular weight excluding hydrogens is 276 g/mol. The summed E-state index contributed by atoms with van der Waals surface area (Å²) in [5.41, 5.74) is 0.200. The standard InChI is InChI=1S/C15H21F2N3O/c1-11(13-9-12(16)3-4-14(13)17)19(2)15(21)10-20-7-5-18-6-8-20/h3-4,9,11,18H,5-8,10H2,1-2H3. The van der Waals surface area contributed by atoms with E-state index in [0.29, 0.717) is 6.54 Å². The minimum Gasteiger partial charge on any atom is -0.338 e. The zero-order valence-corrected chi connectivity index (χ0v) is 12.4. The SMILES string of the molecule is CC(c1cc(F)ccc1F)N(C)C(=O)CN1CCNCC1. The van der Waals surface area contributed by atoms with Crippen LogP contribution in [0.25, 0.3) is 0 Å². The van der Waals surface area contributed by atoms with Crippen molar-refractivity contribution >= 4 is 5.91 Å². The number of rotatable bonds is 4. The van der Waals surface area contributed by atoms with Gasteiger partial charge in [0.1, 0.15) is 11.6 Å². The van der Waals surface area contributed by atoms with Crippen molar-refractivity contribution in [2.45, 2.75) is 13.0 Å². The highest BCUT2D eigenvalue weighted by atomic mass is 19.1. The summed E-state index contributed by atoms with van der Waals surface area (Å²) in [6.07, 6.45) is 0. The monoisotopic (exact) mass is 297 g/mol. The number of hydrogen-bond donors (Lipinski definition) is 1. The average molecular weight is 297 g/mol. The van der Waals surface area contributed by atoms with Crippen molar-refractivity contribution in [3.8, 4) is 0 Å². The van der Waals surface area contributed by atoms with Crippen molar-refractivity contribution in [1.82, 2.24) is 15.1 Å². The lowest BCUT2D eigenvalue weighted by molar-refractivity contribution is -0.133. The Kier molecular flexibility index (Phi) is 5.25. The quantitative estimate of drug-likeness (QED) is 0.912. The fourth-order valence-corrected chi connectivity index (χ4v) is 2.43. The number of amides is 1. The van der Waals surface area contributed by atoms with Crippen molar-refractivity contribution < 1.29 is 13.6 Å². The number of piperazine rings is 1. The minimum absolute atomic E-state index is 0.0898. The van der Waals surface area contributed by atoms with E-state index in [-0.39, 0.29) is 11.5 Å². The first kappa shape index (κ1) is 15.9. The fraction of sp³-hybridized carbons (Fsp3) is 0.533. The molecule has 116 valence electrons. The first-order chi connectivity index (χ1) is 9.99. The van der Waals surface area contributed by atoms with Crippen LogP contribution < -0.4 is 5.32 Å². The number of benzene rings is 1. The number of hydrogen-bond acceptors (Lipinski definition) is 3. The molecule has 2 rings (SSSR count). The molecule has 1 heterocycles. The maximum atomic E-state index is 13.8. The van der Waals surface area contributed by atoms with Gasteiger partial charge >= 0.3 is 0 Å². The lowest BCUT2D eigenvalue weighted by Crippen LogP contribution is -2.48. The Morgan fingerprint density at radius 1 is 1.38 bits per heavy atom. The molecule has 0 aromatic heterocycles. The third-order valence-electron chi connectivity index (χ3n) is 3.95. The Hall–Kier alpha value is -1.53. The summed E-state index contributed by atoms with van der Waals surface area (Å²) in [6, 6.07) is 2.81. The van der Waals surface area contributed by atoms with Crippen LogP contribution in [-0.4, -0.2) is 55.5 Å². The smallest absolute Gasteiger partial charge is 0.236 e. The van der Waals surface area contributed by atoms with Crippen LogP contribution in [0.4, 0.5) is 8.78 Å². The van der Waals surface area contributed by atoms with Gasteiger partial charge in [-0.05, 0) is 25.1 Å². The van der Waals surface area contributed by atoms with Crippen molar-refractivity contribution in [2.75, 3.05) is 39.8 Å². The largest absolute Gasteiger partial charge is 0.338 e. The molecule has 1 amide bonds. The van der Waals surface area contributed by atoms with Crippen LogP contribution in [0.15, 0.2) is 18.2 Å². The Labute approximate surface area is 123 Å². The van der Waals surface area contributed by atoms with Gasteiger partial charge in [0.25, 0.3) is 0 Å². The van der Waals surface area contributed by atoms with Crippen molar-refractivity contribution in [3.63, 3.8) is 0 Å². The fourth-order valence-electron chi connectivity index (χ4n) is 2.43. The van der Waals surface area contributed by atoms with Crippen LogP contribution >= 0.6 is 0 Å². The Balaban J connectivity index is 2.02. The maximum Gasteiger partial charge on any atom is 0.236 e. The molecular formula is C15H21F2N3O. The van der Waals surface area contributed by atoms with Gasteiger partial charge in [0, 0.05) is 38.8 Å². The van der Waals surface area contributed by atoms with Gasteiger partial charge in [-0.15, -0.1) is 0 Å². The van der Waals surface area contributed by atoms with Crippen molar-refractivity contribution in [1.29, 1.82) is 0 Å². The van der Waals surface area contributed by atoms with E-state index in [9.17, 15) is 13.6 Å². The summed E-state index contributed by atoms with van der Waals surface area (Å²) in [6.45, 7) is 5.38. The van der Waals surface area contributed by atoms with Gasteiger partial charge < -0.3 is 10.2 Å². The molecule has 1 unspecified atom stereocenters. The summed E-state index contributed by atoms with van der Waals surface area (Å²) >= 11 is 0. The summed E-state index contributed by atoms with van der Waals surface area (Å²) in [4.78, 5) is 15.8. The molecule has 1 aliphatic rings. The first-order valence-corrected chi connectivity index (χ1v) is 7.12. The molecule has 0 radical (unpaired) electrons. The van der Waals surface area contributed by atoms with Gasteiger partial charge in [0.05, 0.1) is 12.6 Å². The zero-order chi connectivity index (χ0) is 15.4. The van der Waals surface area contributed by atoms with Gasteiger partial charge in [-0.3, -0.25) is 9.69 Å². The second-order valence-corrected chi connectivity index (χ2v) is 5.37. The van der Waals surface area contributed by atoms with E-state index in [2.05, 4.69) is 10.2 Å². The third-order valence-corrected chi connectivity index (χ3v) is 3.95. The van der Waals surface area contributed by atoms with E-state index < -0.39 is 17.7 Å². The van der Waals surface area contributed by atoms with Gasteiger partial charge in [0.2, 0.25) is 5.91 Å². The normalized spacial score (nSPS) is 17.5. The number of halogens is 2. The Bertz CT molecular complexity index is 504. The van der Waals surface area contributed by atoms with E-state index in [0.717, 1.165) is 44.4 Å². The topological polar surface area (TPSA) is 35.6 Å². The molecule has 1 fully saturated rings. The lowest BCUT2D eigenvalue weighted by atomic mass is 10.1. The molecule has 1 aliphatic heterocycles. The maximum absolute atomic E-state index is 13.8. The third kappa shape index (κ3) is 3.98. The molecule has 1 saturated heterocycles. The van der Waals surface area contributed by atoms with Crippen molar-refractivity contribution in [3.05, 3.63) is 35.4 Å². The van der Waals surface area contributed by atoms with Crippen LogP contribution in [0.3, 0.4) is 0 Å². The van der Waals surface area contributed by atoms with Gasteiger partial charge in [-0.2, -0.15) is 0 Å². The number of nitrogens with one attached hydrogen (secondary N) is 1. The number of likely N-dealkylation sites (N-methyl/N-ethyl adjacent to an activating group) is 1. The predicted octanol–water partition coefficient (Wildman–Crippen LogP) is 1.39. The van der Waals surface area contributed by atoms with Crippen LogP contribution in [0.5, 0.6) is 0 Å². The van der Waals surface area contributed by atoms with E-state index in [1.54, 1.807) is 14.0 Å². The Morgan fingerprint density at radius 2 is 2.05 bits per heavy atom. The second kappa shape index (κ2) is 6.95. The summed E-state index contributed by atoms with van der Waals surface area (Å²) < 4.78 is 27.0. The van der Waals surface area contributed by atoms with E-state index >= 15 is 0 Å². The highest BCUT2D eigenvalue weighted by molar-refractivity contribution is 5.78. The average Bonchev–Trinajstić information content (AvgIpc) is 2.49. The molecule has 1 aromatic carbocycles. The van der Waals surface area contributed by atoms with E-state index in [1.165, 1.54) is 4.90 Å².